The van der Waals surface area contributed by atoms with Crippen molar-refractivity contribution in [2.45, 2.75) is 0 Å². The fourth-order valence-electron chi connectivity index (χ4n) is 2.32. The summed E-state index contributed by atoms with van der Waals surface area (Å²) in [5, 5.41) is 35.3. The minimum absolute atomic E-state index is 0.162. The van der Waals surface area contributed by atoms with Crippen molar-refractivity contribution < 1.29 is 68.0 Å². The van der Waals surface area contributed by atoms with Gasteiger partial charge in [0, 0.05) is 12.1 Å². The third kappa shape index (κ3) is 4.16. The van der Waals surface area contributed by atoms with E-state index >= 15 is 0 Å². The van der Waals surface area contributed by atoms with Crippen LogP contribution in [0, 0.1) is 0 Å². The number of rotatable bonds is 4. The maximum absolute atomic E-state index is 11.0. The largest absolute Gasteiger partial charge is 0.511 e. The fourth-order valence-corrected chi connectivity index (χ4v) is 2.32. The highest BCUT2D eigenvalue weighted by atomic mass is 16.7. The van der Waals surface area contributed by atoms with E-state index < -0.39 is 53.4 Å². The molecular weight excluding hydrogens is 416 g/mol. The molecule has 30 heavy (non-hydrogen) atoms. The van der Waals surface area contributed by atoms with Crippen molar-refractivity contribution >= 4 is 24.6 Å². The van der Waals surface area contributed by atoms with E-state index in [9.17, 15) is 19.2 Å². The first-order valence-corrected chi connectivity index (χ1v) is 7.48. The maximum Gasteiger partial charge on any atom is 0.511 e. The molecule has 0 saturated heterocycles. The first-order valence-electron chi connectivity index (χ1n) is 7.48. The first kappa shape index (κ1) is 19.9. The Bertz CT molecular complexity index is 1060. The highest BCUT2D eigenvalue weighted by Gasteiger charge is 2.30. The van der Waals surface area contributed by atoms with Gasteiger partial charge < -0.3 is 48.8 Å². The van der Waals surface area contributed by atoms with Gasteiger partial charge in [-0.2, -0.15) is 0 Å². The second kappa shape index (κ2) is 7.63. The molecule has 0 radical (unpaired) electrons. The zero-order valence-corrected chi connectivity index (χ0v) is 14.2. The van der Waals surface area contributed by atoms with Crippen molar-refractivity contribution in [3.63, 3.8) is 0 Å². The van der Waals surface area contributed by atoms with E-state index in [1.54, 1.807) is 0 Å². The quantitative estimate of drug-likeness (QED) is 0.347. The molecule has 1 aliphatic rings. The minimum Gasteiger partial charge on any atom is -0.449 e. The van der Waals surface area contributed by atoms with Crippen LogP contribution in [0.4, 0.5) is 19.2 Å². The molecule has 2 aromatic carbocycles. The fraction of sp³-hybridized carbons (Fsp3) is 0. The maximum atomic E-state index is 11.0. The monoisotopic (exact) mass is 424 g/mol. The number of hydrogen-bond acceptors (Lipinski definition) is 10. The Morgan fingerprint density at radius 3 is 1.57 bits per heavy atom. The molecule has 0 fully saturated rings. The summed E-state index contributed by atoms with van der Waals surface area (Å²) in [5.41, 5.74) is 0. The minimum atomic E-state index is -1.83. The van der Waals surface area contributed by atoms with Crippen molar-refractivity contribution in [3.8, 4) is 46.0 Å². The Kier molecular flexibility index (Phi) is 5.05. The molecule has 0 unspecified atom stereocenters. The summed E-state index contributed by atoms with van der Waals surface area (Å²) in [5.74, 6) is -3.34. The van der Waals surface area contributed by atoms with Gasteiger partial charge >= 0.3 is 24.6 Å². The van der Waals surface area contributed by atoms with Gasteiger partial charge in [0.15, 0.2) is 34.5 Å². The lowest BCUT2D eigenvalue weighted by Crippen LogP contribution is -2.12. The second-order valence-corrected chi connectivity index (χ2v) is 5.14. The van der Waals surface area contributed by atoms with E-state index in [1.165, 1.54) is 0 Å². The van der Waals surface area contributed by atoms with Crippen LogP contribution in [0.2, 0.25) is 0 Å². The predicted molar refractivity (Wildman–Crippen MR) is 87.6 cm³/mol. The van der Waals surface area contributed by atoms with E-state index in [0.717, 1.165) is 24.3 Å². The first-order chi connectivity index (χ1) is 14.1. The molecule has 0 atom stereocenters. The molecule has 2 aromatic rings. The number of ether oxygens (including phenoxy) is 6. The van der Waals surface area contributed by atoms with Crippen LogP contribution in [0.1, 0.15) is 0 Å². The topological polar surface area (TPSA) is 205 Å². The normalized spacial score (nSPS) is 10.9. The molecule has 0 amide bonds. The van der Waals surface area contributed by atoms with Gasteiger partial charge in [-0.1, -0.05) is 0 Å². The summed E-state index contributed by atoms with van der Waals surface area (Å²) in [7, 11) is 0. The van der Waals surface area contributed by atoms with E-state index in [2.05, 4.69) is 18.9 Å². The van der Waals surface area contributed by atoms with Gasteiger partial charge in [0.2, 0.25) is 11.5 Å². The van der Waals surface area contributed by atoms with Gasteiger partial charge in [-0.15, -0.1) is 0 Å². The van der Waals surface area contributed by atoms with Crippen LogP contribution >= 0.6 is 0 Å². The molecule has 0 aliphatic carbocycles. The molecule has 0 bridgehead atoms. The Morgan fingerprint density at radius 2 is 1.07 bits per heavy atom. The van der Waals surface area contributed by atoms with Crippen molar-refractivity contribution in [3.05, 3.63) is 24.3 Å². The van der Waals surface area contributed by atoms with Gasteiger partial charge in [0.1, 0.15) is 0 Å². The van der Waals surface area contributed by atoms with E-state index in [4.69, 9.17) is 29.9 Å². The van der Waals surface area contributed by atoms with Gasteiger partial charge in [0.05, 0.1) is 0 Å². The lowest BCUT2D eigenvalue weighted by molar-refractivity contribution is 0.130. The Hall–Kier alpha value is -4.88. The Labute approximate surface area is 163 Å². The average molecular weight is 424 g/mol. The summed E-state index contributed by atoms with van der Waals surface area (Å²) in [4.78, 5) is 43.5. The molecule has 1 aliphatic heterocycles. The van der Waals surface area contributed by atoms with Gasteiger partial charge in [0.25, 0.3) is 0 Å². The molecular formula is C16H8O14. The number of carbonyl (C=O) groups is 4. The zero-order chi connectivity index (χ0) is 22.0. The molecule has 14 heteroatoms. The number of fused-ring (bicyclic) bond motifs is 2. The van der Waals surface area contributed by atoms with Crippen LogP contribution < -0.4 is 28.4 Å². The van der Waals surface area contributed by atoms with Crippen molar-refractivity contribution in [1.82, 2.24) is 0 Å². The molecule has 3 rings (SSSR count). The van der Waals surface area contributed by atoms with Crippen molar-refractivity contribution in [2.24, 2.45) is 0 Å². The molecule has 1 heterocycles. The van der Waals surface area contributed by atoms with E-state index in [0.29, 0.717) is 0 Å². The van der Waals surface area contributed by atoms with Crippen molar-refractivity contribution in [2.75, 3.05) is 0 Å². The second-order valence-electron chi connectivity index (χ2n) is 5.14. The van der Waals surface area contributed by atoms with Crippen LogP contribution in [0.3, 0.4) is 0 Å². The summed E-state index contributed by atoms with van der Waals surface area (Å²) >= 11 is 0. The van der Waals surface area contributed by atoms with Crippen LogP contribution in [0.15, 0.2) is 24.3 Å². The van der Waals surface area contributed by atoms with Crippen LogP contribution in [-0.4, -0.2) is 45.0 Å². The average Bonchev–Trinajstić information content (AvgIpc) is 2.61. The molecule has 14 nitrogen and oxygen atoms in total. The number of hydrogen-bond donors (Lipinski definition) is 4. The predicted octanol–water partition coefficient (Wildman–Crippen LogP) is 3.81. The summed E-state index contributed by atoms with van der Waals surface area (Å²) in [6.07, 6.45) is -7.16. The number of benzene rings is 2. The summed E-state index contributed by atoms with van der Waals surface area (Å²) in [6, 6.07) is 4.02. The summed E-state index contributed by atoms with van der Waals surface area (Å²) in [6.45, 7) is 0. The zero-order valence-electron chi connectivity index (χ0n) is 14.2. The molecule has 0 spiro atoms. The van der Waals surface area contributed by atoms with Crippen molar-refractivity contribution in [1.29, 1.82) is 0 Å². The van der Waals surface area contributed by atoms with E-state index in [-0.39, 0.29) is 17.2 Å². The summed E-state index contributed by atoms with van der Waals surface area (Å²) < 4.78 is 28.8. The molecule has 4 N–H and O–H groups in total. The number of carboxylic acid groups (broad SMARTS) is 4. The van der Waals surface area contributed by atoms with Gasteiger partial charge in [-0.3, -0.25) is 0 Å². The van der Waals surface area contributed by atoms with Gasteiger partial charge in [-0.05, 0) is 12.1 Å². The Morgan fingerprint density at radius 1 is 0.600 bits per heavy atom. The molecule has 0 aromatic heterocycles. The highest BCUT2D eigenvalue weighted by molar-refractivity contribution is 5.75. The standard InChI is InChI=1S/C16H8O14/c17-13(18)27-6-2-1-5-11(12(6)30-16(23)24)26-8-4-10(29-15(21)22)9(28-14(19)20)3-7(8)25-5/h1-4H,(H,17,18)(H,19,20)(H,21,22)(H,23,24). The van der Waals surface area contributed by atoms with E-state index in [1.807, 2.05) is 0 Å². The lowest BCUT2D eigenvalue weighted by atomic mass is 10.2. The third-order valence-electron chi connectivity index (χ3n) is 3.26. The van der Waals surface area contributed by atoms with Crippen LogP contribution in [0.5, 0.6) is 46.0 Å². The highest BCUT2D eigenvalue weighted by Crippen LogP contribution is 2.55. The van der Waals surface area contributed by atoms with Crippen LogP contribution in [0.25, 0.3) is 0 Å². The third-order valence-corrected chi connectivity index (χ3v) is 3.26. The molecule has 156 valence electrons. The molecule has 0 saturated carbocycles. The SMILES string of the molecule is O=C(O)Oc1cc2c(cc1OC(=O)O)Oc1c(ccc(OC(=O)O)c1OC(=O)O)O2. The smallest absolute Gasteiger partial charge is 0.449 e. The van der Waals surface area contributed by atoms with Crippen LogP contribution in [-0.2, 0) is 0 Å². The Balaban J connectivity index is 2.09. The lowest BCUT2D eigenvalue weighted by Gasteiger charge is -2.23. The van der Waals surface area contributed by atoms with Gasteiger partial charge in [-0.25, -0.2) is 19.2 Å².